The van der Waals surface area contributed by atoms with Gasteiger partial charge in [-0.15, -0.1) is 0 Å². The maximum Gasteiger partial charge on any atom is 0.418 e. The zero-order chi connectivity index (χ0) is 15.6. The number of carbonyl (C=O) groups is 1. The molecule has 0 bridgehead atoms. The molecule has 1 aromatic carbocycles. The number of hydrogen-bond donors (Lipinski definition) is 1. The summed E-state index contributed by atoms with van der Waals surface area (Å²) in [7, 11) is 0. The molecule has 1 N–H and O–H groups in total. The Kier molecular flexibility index (Phi) is 4.14. The summed E-state index contributed by atoms with van der Waals surface area (Å²) < 4.78 is 20.4. The quantitative estimate of drug-likeness (QED) is 0.920. The Hall–Kier alpha value is -2.14. The zero-order valence-corrected chi connectivity index (χ0v) is 12.3. The van der Waals surface area contributed by atoms with Crippen molar-refractivity contribution in [2.24, 2.45) is 0 Å². The normalized spacial score (nSPS) is 11.5. The number of rotatable bonds is 2. The molecule has 0 aliphatic carbocycles. The van der Waals surface area contributed by atoms with Gasteiger partial charge in [0.05, 0.1) is 12.3 Å². The predicted molar refractivity (Wildman–Crippen MR) is 77.4 cm³/mol. The first-order valence-electron chi connectivity index (χ1n) is 6.62. The second-order valence-electron chi connectivity index (χ2n) is 5.71. The molecule has 2 rings (SSSR count). The van der Waals surface area contributed by atoms with E-state index in [1.54, 1.807) is 45.2 Å². The van der Waals surface area contributed by atoms with Gasteiger partial charge in [-0.25, -0.2) is 9.18 Å². The van der Waals surface area contributed by atoms with Gasteiger partial charge >= 0.3 is 6.09 Å². The van der Waals surface area contributed by atoms with Gasteiger partial charge in [-0.1, -0.05) is 12.1 Å². The molecule has 0 atom stereocenters. The van der Waals surface area contributed by atoms with E-state index in [-0.39, 0.29) is 12.2 Å². The average molecular weight is 291 g/mol. The lowest BCUT2D eigenvalue weighted by Crippen LogP contribution is -2.27. The first-order chi connectivity index (χ1) is 9.81. The molecular weight excluding hydrogens is 273 g/mol. The summed E-state index contributed by atoms with van der Waals surface area (Å²) in [5.74, 6) is -0.507. The molecular formula is C16H18FNO3. The molecule has 0 aliphatic heterocycles. The number of benzene rings is 1. The highest BCUT2D eigenvalue weighted by atomic mass is 19.1. The van der Waals surface area contributed by atoms with Crippen molar-refractivity contribution in [2.45, 2.75) is 33.0 Å². The van der Waals surface area contributed by atoms with E-state index in [4.69, 9.17) is 9.84 Å². The number of aromatic nitrogens is 1. The predicted octanol–water partition coefficient (Wildman–Crippen LogP) is 3.57. The molecule has 21 heavy (non-hydrogen) atoms. The molecule has 1 heterocycles. The SMILES string of the molecule is CC(C)(C)OC(=O)n1cccc1-c1ccc(CO)c(F)c1. The maximum absolute atomic E-state index is 13.8. The number of aliphatic hydroxyl groups is 1. The van der Waals surface area contributed by atoms with Crippen molar-refractivity contribution in [3.8, 4) is 11.3 Å². The van der Waals surface area contributed by atoms with Crippen molar-refractivity contribution >= 4 is 6.09 Å². The van der Waals surface area contributed by atoms with E-state index in [9.17, 15) is 9.18 Å². The Morgan fingerprint density at radius 2 is 2.05 bits per heavy atom. The lowest BCUT2D eigenvalue weighted by Gasteiger charge is -2.20. The molecule has 0 saturated heterocycles. The number of aliphatic hydroxyl groups excluding tert-OH is 1. The maximum atomic E-state index is 13.8. The van der Waals surface area contributed by atoms with Crippen LogP contribution in [0, 0.1) is 5.82 Å². The van der Waals surface area contributed by atoms with Crippen LogP contribution in [-0.2, 0) is 11.3 Å². The number of ether oxygens (including phenoxy) is 1. The molecule has 0 fully saturated rings. The largest absolute Gasteiger partial charge is 0.443 e. The molecule has 0 radical (unpaired) electrons. The van der Waals surface area contributed by atoms with Crippen LogP contribution < -0.4 is 0 Å². The fraction of sp³-hybridized carbons (Fsp3) is 0.312. The highest BCUT2D eigenvalue weighted by Gasteiger charge is 2.20. The topological polar surface area (TPSA) is 51.5 Å². The minimum atomic E-state index is -0.607. The summed E-state index contributed by atoms with van der Waals surface area (Å²) >= 11 is 0. The fourth-order valence-corrected chi connectivity index (χ4v) is 1.92. The van der Waals surface area contributed by atoms with Gasteiger partial charge in [-0.05, 0) is 39.0 Å². The highest BCUT2D eigenvalue weighted by molar-refractivity contribution is 5.78. The van der Waals surface area contributed by atoms with E-state index >= 15 is 0 Å². The Balaban J connectivity index is 2.36. The van der Waals surface area contributed by atoms with Crippen LogP contribution in [0.15, 0.2) is 36.5 Å². The van der Waals surface area contributed by atoms with Crippen molar-refractivity contribution in [1.29, 1.82) is 0 Å². The van der Waals surface area contributed by atoms with Gasteiger partial charge in [0.25, 0.3) is 0 Å². The lowest BCUT2D eigenvalue weighted by molar-refractivity contribution is 0.0540. The summed E-state index contributed by atoms with van der Waals surface area (Å²) in [5.41, 5.74) is 0.687. The van der Waals surface area contributed by atoms with E-state index in [0.717, 1.165) is 0 Å². The monoisotopic (exact) mass is 291 g/mol. The molecule has 0 aliphatic rings. The van der Waals surface area contributed by atoms with Crippen LogP contribution in [0.2, 0.25) is 0 Å². The molecule has 4 nitrogen and oxygen atoms in total. The third-order valence-electron chi connectivity index (χ3n) is 2.86. The second-order valence-corrected chi connectivity index (χ2v) is 5.71. The number of hydrogen-bond acceptors (Lipinski definition) is 3. The number of nitrogens with zero attached hydrogens (tertiary/aromatic N) is 1. The van der Waals surface area contributed by atoms with E-state index < -0.39 is 17.5 Å². The minimum absolute atomic E-state index is 0.217. The summed E-state index contributed by atoms with van der Waals surface area (Å²) in [6.45, 7) is 4.98. The van der Waals surface area contributed by atoms with Crippen LogP contribution >= 0.6 is 0 Å². The van der Waals surface area contributed by atoms with Crippen LogP contribution in [0.3, 0.4) is 0 Å². The van der Waals surface area contributed by atoms with Gasteiger partial charge < -0.3 is 9.84 Å². The van der Waals surface area contributed by atoms with Gasteiger partial charge in [0.2, 0.25) is 0 Å². The van der Waals surface area contributed by atoms with Crippen LogP contribution in [0.5, 0.6) is 0 Å². The Bertz CT molecular complexity index is 656. The average Bonchev–Trinajstić information content (AvgIpc) is 2.85. The van der Waals surface area contributed by atoms with Crippen LogP contribution in [0.4, 0.5) is 9.18 Å². The van der Waals surface area contributed by atoms with Crippen molar-refractivity contribution in [1.82, 2.24) is 4.57 Å². The molecule has 112 valence electrons. The molecule has 1 aromatic heterocycles. The lowest BCUT2D eigenvalue weighted by atomic mass is 10.1. The highest BCUT2D eigenvalue weighted by Crippen LogP contribution is 2.24. The Morgan fingerprint density at radius 3 is 2.62 bits per heavy atom. The zero-order valence-electron chi connectivity index (χ0n) is 12.3. The number of carbonyl (C=O) groups excluding carboxylic acids is 1. The van der Waals surface area contributed by atoms with E-state index in [1.165, 1.54) is 16.7 Å². The first-order valence-corrected chi connectivity index (χ1v) is 6.62. The standard InChI is InChI=1S/C16H18FNO3/c1-16(2,3)21-15(20)18-8-4-5-14(18)11-6-7-12(10-19)13(17)9-11/h4-9,19H,10H2,1-3H3. The summed E-state index contributed by atoms with van der Waals surface area (Å²) in [4.78, 5) is 12.1. The molecule has 0 spiro atoms. The smallest absolute Gasteiger partial charge is 0.418 e. The van der Waals surface area contributed by atoms with Crippen LogP contribution in [-0.4, -0.2) is 21.4 Å². The fourth-order valence-electron chi connectivity index (χ4n) is 1.92. The van der Waals surface area contributed by atoms with Crippen molar-refractivity contribution in [3.63, 3.8) is 0 Å². The second kappa shape index (κ2) is 5.69. The Labute approximate surface area is 122 Å². The van der Waals surface area contributed by atoms with E-state index in [1.807, 2.05) is 0 Å². The Morgan fingerprint density at radius 1 is 1.33 bits per heavy atom. The third kappa shape index (κ3) is 3.49. The van der Waals surface area contributed by atoms with Crippen molar-refractivity contribution in [3.05, 3.63) is 47.9 Å². The van der Waals surface area contributed by atoms with E-state index in [0.29, 0.717) is 11.3 Å². The van der Waals surface area contributed by atoms with Crippen LogP contribution in [0.25, 0.3) is 11.3 Å². The van der Waals surface area contributed by atoms with Gasteiger partial charge in [0.15, 0.2) is 0 Å². The van der Waals surface area contributed by atoms with Crippen molar-refractivity contribution in [2.75, 3.05) is 0 Å². The number of halogens is 1. The van der Waals surface area contributed by atoms with Gasteiger partial charge in [-0.3, -0.25) is 4.57 Å². The minimum Gasteiger partial charge on any atom is -0.443 e. The van der Waals surface area contributed by atoms with Crippen LogP contribution in [0.1, 0.15) is 26.3 Å². The first kappa shape index (κ1) is 15.3. The van der Waals surface area contributed by atoms with E-state index in [2.05, 4.69) is 0 Å². The van der Waals surface area contributed by atoms with Gasteiger partial charge in [0, 0.05) is 17.3 Å². The summed E-state index contributed by atoms with van der Waals surface area (Å²) in [5, 5.41) is 8.99. The van der Waals surface area contributed by atoms with Gasteiger partial charge in [0.1, 0.15) is 11.4 Å². The molecule has 0 unspecified atom stereocenters. The third-order valence-corrected chi connectivity index (χ3v) is 2.86. The van der Waals surface area contributed by atoms with Crippen molar-refractivity contribution < 1.29 is 19.0 Å². The summed E-state index contributed by atoms with van der Waals surface area (Å²) in [6.07, 6.45) is 1.05. The molecule has 5 heteroatoms. The van der Waals surface area contributed by atoms with Gasteiger partial charge in [-0.2, -0.15) is 0 Å². The molecule has 0 saturated carbocycles. The summed E-state index contributed by atoms with van der Waals surface area (Å²) in [6, 6.07) is 7.85. The molecule has 2 aromatic rings. The molecule has 0 amide bonds.